The number of guanidine groups is 1. The molecule has 140 valence electrons. The number of carbonyl (C=O) groups excluding carboxylic acids is 1. The number of aliphatic hydroxyl groups excluding tert-OH is 1. The first-order valence-corrected chi connectivity index (χ1v) is 9.10. The van der Waals surface area contributed by atoms with Crippen molar-refractivity contribution in [3.05, 3.63) is 0 Å². The van der Waals surface area contributed by atoms with E-state index in [1.807, 2.05) is 6.92 Å². The Labute approximate surface area is 162 Å². The molecule has 1 aliphatic heterocycles. The monoisotopic (exact) mass is 453 g/mol. The maximum atomic E-state index is 11.8. The molecule has 0 spiro atoms. The summed E-state index contributed by atoms with van der Waals surface area (Å²) < 4.78 is 5.45. The predicted molar refractivity (Wildman–Crippen MR) is 106 cm³/mol. The molecule has 24 heavy (non-hydrogen) atoms. The molecule has 0 radical (unpaired) electrons. The van der Waals surface area contributed by atoms with Crippen LogP contribution >= 0.6 is 24.0 Å². The van der Waals surface area contributed by atoms with Gasteiger partial charge < -0.3 is 20.1 Å². The van der Waals surface area contributed by atoms with Crippen LogP contribution in [0.25, 0.3) is 0 Å². The molecule has 0 aromatic carbocycles. The fourth-order valence-electron chi connectivity index (χ4n) is 3.16. The van der Waals surface area contributed by atoms with Gasteiger partial charge in [0.1, 0.15) is 6.10 Å². The number of piperidine rings is 1. The number of aliphatic hydroxyl groups is 1. The average Bonchev–Trinajstić information content (AvgIpc) is 3.04. The summed E-state index contributed by atoms with van der Waals surface area (Å²) in [5.41, 5.74) is 0. The van der Waals surface area contributed by atoms with E-state index in [9.17, 15) is 9.90 Å². The average molecular weight is 453 g/mol. The van der Waals surface area contributed by atoms with Crippen molar-refractivity contribution < 1.29 is 14.6 Å². The van der Waals surface area contributed by atoms with E-state index in [2.05, 4.69) is 15.2 Å². The van der Waals surface area contributed by atoms with Crippen LogP contribution < -0.4 is 5.32 Å². The molecule has 2 aliphatic rings. The van der Waals surface area contributed by atoms with Crippen molar-refractivity contribution in [3.8, 4) is 0 Å². The van der Waals surface area contributed by atoms with Gasteiger partial charge in [-0.25, -0.2) is 0 Å². The molecular formula is C17H32IN3O3. The minimum Gasteiger partial charge on any atom is -0.462 e. The highest BCUT2D eigenvalue weighted by Crippen LogP contribution is 2.21. The Bertz CT molecular complexity index is 393. The zero-order valence-corrected chi connectivity index (χ0v) is 17.0. The summed E-state index contributed by atoms with van der Waals surface area (Å²) in [6.07, 6.45) is 7.12. The Morgan fingerprint density at radius 3 is 2.54 bits per heavy atom. The molecule has 7 heteroatoms. The van der Waals surface area contributed by atoms with Crippen molar-refractivity contribution >= 4 is 35.9 Å². The Balaban J connectivity index is 0.00000288. The first-order valence-electron chi connectivity index (χ1n) is 9.10. The van der Waals surface area contributed by atoms with Gasteiger partial charge in [-0.3, -0.25) is 9.79 Å². The number of ether oxygens (including phenoxy) is 1. The lowest BCUT2D eigenvalue weighted by Gasteiger charge is -2.32. The lowest BCUT2D eigenvalue weighted by atomic mass is 10.1. The van der Waals surface area contributed by atoms with Crippen LogP contribution in [0.3, 0.4) is 0 Å². The van der Waals surface area contributed by atoms with Gasteiger partial charge in [-0.2, -0.15) is 0 Å². The SMILES string of the molecule is CCNC(=NCCCC(=O)OC1CCCC1)N1CCC(O)CC1.I. The maximum Gasteiger partial charge on any atom is 0.306 e. The van der Waals surface area contributed by atoms with Gasteiger partial charge in [0.05, 0.1) is 6.10 Å². The van der Waals surface area contributed by atoms with E-state index >= 15 is 0 Å². The summed E-state index contributed by atoms with van der Waals surface area (Å²) in [4.78, 5) is 18.6. The van der Waals surface area contributed by atoms with Crippen molar-refractivity contribution in [1.82, 2.24) is 10.2 Å². The van der Waals surface area contributed by atoms with E-state index in [0.717, 1.165) is 57.7 Å². The molecule has 6 nitrogen and oxygen atoms in total. The van der Waals surface area contributed by atoms with Gasteiger partial charge in [-0.1, -0.05) is 0 Å². The van der Waals surface area contributed by atoms with E-state index in [0.29, 0.717) is 13.0 Å². The van der Waals surface area contributed by atoms with Crippen molar-refractivity contribution in [2.75, 3.05) is 26.2 Å². The van der Waals surface area contributed by atoms with E-state index in [4.69, 9.17) is 4.74 Å². The number of aliphatic imine (C=N–C) groups is 1. The molecule has 2 rings (SSSR count). The molecular weight excluding hydrogens is 421 g/mol. The Kier molecular flexibility index (Phi) is 10.6. The summed E-state index contributed by atoms with van der Waals surface area (Å²) in [6.45, 7) is 5.16. The highest BCUT2D eigenvalue weighted by atomic mass is 127. The van der Waals surface area contributed by atoms with E-state index < -0.39 is 0 Å². The first-order chi connectivity index (χ1) is 11.2. The second kappa shape index (κ2) is 11.9. The molecule has 0 unspecified atom stereocenters. The number of nitrogens with one attached hydrogen (secondary N) is 1. The molecule has 1 aliphatic carbocycles. The van der Waals surface area contributed by atoms with E-state index in [1.54, 1.807) is 0 Å². The Hall–Kier alpha value is -0.570. The van der Waals surface area contributed by atoms with Crippen LogP contribution in [0.4, 0.5) is 0 Å². The largest absolute Gasteiger partial charge is 0.462 e. The Morgan fingerprint density at radius 2 is 1.92 bits per heavy atom. The van der Waals surface area contributed by atoms with Crippen LogP contribution in [-0.2, 0) is 9.53 Å². The molecule has 2 N–H and O–H groups in total. The summed E-state index contributed by atoms with van der Waals surface area (Å²) >= 11 is 0. The second-order valence-electron chi connectivity index (χ2n) is 6.45. The minimum atomic E-state index is -0.181. The van der Waals surface area contributed by atoms with Crippen molar-refractivity contribution in [2.24, 2.45) is 4.99 Å². The van der Waals surface area contributed by atoms with Crippen LogP contribution in [0.2, 0.25) is 0 Å². The normalized spacial score (nSPS) is 19.9. The summed E-state index contributed by atoms with van der Waals surface area (Å²) in [5.74, 6) is 0.807. The highest BCUT2D eigenvalue weighted by molar-refractivity contribution is 14.0. The number of nitrogens with zero attached hydrogens (tertiary/aromatic N) is 2. The zero-order chi connectivity index (χ0) is 16.5. The minimum absolute atomic E-state index is 0. The van der Waals surface area contributed by atoms with Crippen LogP contribution in [0, 0.1) is 0 Å². The molecule has 1 saturated carbocycles. The van der Waals surface area contributed by atoms with Crippen LogP contribution in [-0.4, -0.2) is 60.3 Å². The summed E-state index contributed by atoms with van der Waals surface area (Å²) in [5, 5.41) is 12.9. The van der Waals surface area contributed by atoms with Crippen LogP contribution in [0.15, 0.2) is 4.99 Å². The molecule has 0 aromatic heterocycles. The lowest BCUT2D eigenvalue weighted by molar-refractivity contribution is -0.148. The van der Waals surface area contributed by atoms with Gasteiger partial charge in [0.15, 0.2) is 5.96 Å². The van der Waals surface area contributed by atoms with Crippen LogP contribution in [0.5, 0.6) is 0 Å². The molecule has 0 amide bonds. The molecule has 1 heterocycles. The number of halogens is 1. The Morgan fingerprint density at radius 1 is 1.25 bits per heavy atom. The van der Waals surface area contributed by atoms with Crippen molar-refractivity contribution in [1.29, 1.82) is 0 Å². The fraction of sp³-hybridized carbons (Fsp3) is 0.882. The third kappa shape index (κ3) is 7.55. The number of likely N-dealkylation sites (tertiary alicyclic amines) is 1. The maximum absolute atomic E-state index is 11.8. The summed E-state index contributed by atoms with van der Waals surface area (Å²) in [6, 6.07) is 0. The lowest BCUT2D eigenvalue weighted by Crippen LogP contribution is -2.46. The second-order valence-corrected chi connectivity index (χ2v) is 6.45. The van der Waals surface area contributed by atoms with Gasteiger partial charge in [0.25, 0.3) is 0 Å². The number of hydrogen-bond acceptors (Lipinski definition) is 4. The van der Waals surface area contributed by atoms with E-state index in [-0.39, 0.29) is 42.2 Å². The van der Waals surface area contributed by atoms with Crippen molar-refractivity contribution in [2.45, 2.75) is 70.5 Å². The van der Waals surface area contributed by atoms with E-state index in [1.165, 1.54) is 12.8 Å². The zero-order valence-electron chi connectivity index (χ0n) is 14.7. The molecule has 2 fully saturated rings. The molecule has 1 saturated heterocycles. The molecule has 0 bridgehead atoms. The fourth-order valence-corrected chi connectivity index (χ4v) is 3.16. The van der Waals surface area contributed by atoms with Gasteiger partial charge in [-0.15, -0.1) is 24.0 Å². The predicted octanol–water partition coefficient (Wildman–Crippen LogP) is 2.29. The number of hydrogen-bond donors (Lipinski definition) is 2. The van der Waals surface area contributed by atoms with Crippen LogP contribution in [0.1, 0.15) is 58.3 Å². The molecule has 0 aromatic rings. The smallest absolute Gasteiger partial charge is 0.306 e. The number of esters is 1. The number of carbonyl (C=O) groups is 1. The standard InChI is InChI=1S/C17H31N3O3.HI/c1-2-18-17(20-12-9-14(21)10-13-20)19-11-5-8-16(22)23-15-6-3-4-7-15;/h14-15,21H,2-13H2,1H3,(H,18,19);1H. The number of rotatable bonds is 6. The van der Waals surface area contributed by atoms with Gasteiger partial charge in [-0.05, 0) is 51.9 Å². The van der Waals surface area contributed by atoms with Gasteiger partial charge in [0, 0.05) is 32.6 Å². The first kappa shape index (κ1) is 21.5. The third-order valence-electron chi connectivity index (χ3n) is 4.50. The quantitative estimate of drug-likeness (QED) is 0.212. The van der Waals surface area contributed by atoms with Crippen molar-refractivity contribution in [3.63, 3.8) is 0 Å². The summed E-state index contributed by atoms with van der Waals surface area (Å²) in [7, 11) is 0. The molecule has 0 atom stereocenters. The van der Waals surface area contributed by atoms with Gasteiger partial charge >= 0.3 is 5.97 Å². The van der Waals surface area contributed by atoms with Gasteiger partial charge in [0.2, 0.25) is 0 Å². The third-order valence-corrected chi connectivity index (χ3v) is 4.50. The highest BCUT2D eigenvalue weighted by Gasteiger charge is 2.20. The topological polar surface area (TPSA) is 74.2 Å².